The van der Waals surface area contributed by atoms with E-state index in [9.17, 15) is 5.11 Å². The maximum absolute atomic E-state index is 9.85. The van der Waals surface area contributed by atoms with Crippen molar-refractivity contribution >= 4 is 0 Å². The minimum Gasteiger partial charge on any atom is -0.395 e. The second-order valence-electron chi connectivity index (χ2n) is 4.73. The van der Waals surface area contributed by atoms with Crippen molar-refractivity contribution in [3.05, 3.63) is 0 Å². The van der Waals surface area contributed by atoms with Crippen LogP contribution in [0.5, 0.6) is 0 Å². The molecule has 5 heteroatoms. The number of ether oxygens (including phenoxy) is 2. The van der Waals surface area contributed by atoms with Gasteiger partial charge < -0.3 is 19.7 Å². The third-order valence-corrected chi connectivity index (χ3v) is 3.13. The molecule has 0 aromatic heterocycles. The summed E-state index contributed by atoms with van der Waals surface area (Å²) >= 11 is 0. The van der Waals surface area contributed by atoms with E-state index < -0.39 is 6.10 Å². The summed E-state index contributed by atoms with van der Waals surface area (Å²) in [5.41, 5.74) is 0. The second kappa shape index (κ2) is 8.00. The number of β-amino-alcohol motifs (C(OH)–C–C–N with tert-alkyl or cyclic N) is 1. The number of hydrogen-bond acceptors (Lipinski definition) is 5. The van der Waals surface area contributed by atoms with Gasteiger partial charge in [0, 0.05) is 19.7 Å². The summed E-state index contributed by atoms with van der Waals surface area (Å²) in [7, 11) is 1.63. The summed E-state index contributed by atoms with van der Waals surface area (Å²) in [4.78, 5) is 2.13. The summed E-state index contributed by atoms with van der Waals surface area (Å²) < 4.78 is 10.4. The molecular weight excluding hydrogens is 222 g/mol. The minimum atomic E-state index is -0.499. The Labute approximate surface area is 103 Å². The van der Waals surface area contributed by atoms with Crippen molar-refractivity contribution in [2.75, 3.05) is 40.0 Å². The lowest BCUT2D eigenvalue weighted by Gasteiger charge is -2.25. The predicted octanol–water partition coefficient (Wildman–Crippen LogP) is -0.144. The van der Waals surface area contributed by atoms with E-state index in [1.165, 1.54) is 0 Å². The first kappa shape index (κ1) is 14.9. The summed E-state index contributed by atoms with van der Waals surface area (Å²) in [6.45, 7) is 4.48. The second-order valence-corrected chi connectivity index (χ2v) is 4.73. The zero-order valence-corrected chi connectivity index (χ0v) is 10.8. The standard InChI is InChI=1S/C12H25NO4/c1-10(8-16-2)17-9-12(15)6-13-5-3-4-11(13)7-14/h10-12,14-15H,3-9H2,1-2H3/t10?,11-,12?/m0/s1. The molecule has 1 aliphatic heterocycles. The van der Waals surface area contributed by atoms with E-state index in [2.05, 4.69) is 4.90 Å². The van der Waals surface area contributed by atoms with Gasteiger partial charge >= 0.3 is 0 Å². The summed E-state index contributed by atoms with van der Waals surface area (Å²) in [5.74, 6) is 0. The molecule has 1 saturated heterocycles. The van der Waals surface area contributed by atoms with Crippen LogP contribution in [-0.4, -0.2) is 73.4 Å². The first-order valence-electron chi connectivity index (χ1n) is 6.30. The molecular formula is C12H25NO4. The third kappa shape index (κ3) is 5.31. The first-order valence-corrected chi connectivity index (χ1v) is 6.30. The molecule has 1 rings (SSSR count). The molecule has 2 unspecified atom stereocenters. The highest BCUT2D eigenvalue weighted by atomic mass is 16.5. The van der Waals surface area contributed by atoms with Crippen molar-refractivity contribution in [3.63, 3.8) is 0 Å². The highest BCUT2D eigenvalue weighted by Crippen LogP contribution is 2.16. The molecule has 1 fully saturated rings. The average molecular weight is 247 g/mol. The Kier molecular flexibility index (Phi) is 6.99. The molecule has 0 aliphatic carbocycles. The highest BCUT2D eigenvalue weighted by molar-refractivity contribution is 4.80. The lowest BCUT2D eigenvalue weighted by atomic mass is 10.2. The largest absolute Gasteiger partial charge is 0.395 e. The van der Waals surface area contributed by atoms with Gasteiger partial charge in [-0.2, -0.15) is 0 Å². The minimum absolute atomic E-state index is 0.00173. The molecule has 0 saturated carbocycles. The first-order chi connectivity index (χ1) is 8.17. The number of hydrogen-bond donors (Lipinski definition) is 2. The van der Waals surface area contributed by atoms with Crippen LogP contribution in [0.4, 0.5) is 0 Å². The van der Waals surface area contributed by atoms with E-state index in [1.807, 2.05) is 6.92 Å². The Morgan fingerprint density at radius 1 is 1.41 bits per heavy atom. The molecule has 0 spiro atoms. The van der Waals surface area contributed by atoms with Crippen LogP contribution in [0.1, 0.15) is 19.8 Å². The third-order valence-electron chi connectivity index (χ3n) is 3.13. The van der Waals surface area contributed by atoms with Crippen molar-refractivity contribution in [3.8, 4) is 0 Å². The van der Waals surface area contributed by atoms with Crippen molar-refractivity contribution in [1.29, 1.82) is 0 Å². The van der Waals surface area contributed by atoms with Crippen molar-refractivity contribution < 1.29 is 19.7 Å². The average Bonchev–Trinajstić information content (AvgIpc) is 2.74. The highest BCUT2D eigenvalue weighted by Gasteiger charge is 2.25. The van der Waals surface area contributed by atoms with Gasteiger partial charge in [0.05, 0.1) is 32.0 Å². The molecule has 0 aromatic carbocycles. The molecule has 0 bridgehead atoms. The van der Waals surface area contributed by atoms with Crippen LogP contribution in [0, 0.1) is 0 Å². The fourth-order valence-electron chi connectivity index (χ4n) is 2.22. The van der Waals surface area contributed by atoms with Crippen molar-refractivity contribution in [2.45, 2.75) is 38.0 Å². The number of likely N-dealkylation sites (tertiary alicyclic amines) is 1. The number of aliphatic hydroxyl groups is 2. The molecule has 0 radical (unpaired) electrons. The van der Waals surface area contributed by atoms with Crippen molar-refractivity contribution in [1.82, 2.24) is 4.90 Å². The van der Waals surface area contributed by atoms with Gasteiger partial charge in [0.25, 0.3) is 0 Å². The predicted molar refractivity (Wildman–Crippen MR) is 65.0 cm³/mol. The summed E-state index contributed by atoms with van der Waals surface area (Å²) in [5, 5.41) is 19.0. The van der Waals surface area contributed by atoms with Gasteiger partial charge in [-0.15, -0.1) is 0 Å². The zero-order valence-electron chi connectivity index (χ0n) is 10.8. The molecule has 17 heavy (non-hydrogen) atoms. The lowest BCUT2D eigenvalue weighted by molar-refractivity contribution is -0.0418. The topological polar surface area (TPSA) is 62.2 Å². The maximum atomic E-state index is 9.85. The molecule has 102 valence electrons. The maximum Gasteiger partial charge on any atom is 0.0900 e. The number of rotatable bonds is 8. The molecule has 0 amide bonds. The van der Waals surface area contributed by atoms with E-state index in [-0.39, 0.29) is 18.8 Å². The van der Waals surface area contributed by atoms with Crippen LogP contribution in [-0.2, 0) is 9.47 Å². The van der Waals surface area contributed by atoms with Crippen LogP contribution < -0.4 is 0 Å². The Morgan fingerprint density at radius 3 is 2.82 bits per heavy atom. The summed E-state index contributed by atoms with van der Waals surface area (Å²) in [6, 6.07) is 0.209. The van der Waals surface area contributed by atoms with Crippen LogP contribution in [0.15, 0.2) is 0 Å². The van der Waals surface area contributed by atoms with Gasteiger partial charge in [-0.1, -0.05) is 0 Å². The molecule has 5 nitrogen and oxygen atoms in total. The van der Waals surface area contributed by atoms with Gasteiger partial charge in [-0.3, -0.25) is 4.90 Å². The fourth-order valence-corrected chi connectivity index (χ4v) is 2.22. The molecule has 1 aliphatic rings. The smallest absolute Gasteiger partial charge is 0.0900 e. The van der Waals surface area contributed by atoms with Gasteiger partial charge in [-0.05, 0) is 26.3 Å². The van der Waals surface area contributed by atoms with E-state index in [0.29, 0.717) is 19.8 Å². The molecule has 2 N–H and O–H groups in total. The van der Waals surface area contributed by atoms with Crippen LogP contribution in [0.25, 0.3) is 0 Å². The van der Waals surface area contributed by atoms with E-state index in [4.69, 9.17) is 14.6 Å². The fraction of sp³-hybridized carbons (Fsp3) is 1.00. The summed E-state index contributed by atoms with van der Waals surface area (Å²) in [6.07, 6.45) is 1.62. The molecule has 1 heterocycles. The zero-order chi connectivity index (χ0) is 12.7. The van der Waals surface area contributed by atoms with Crippen LogP contribution in [0.2, 0.25) is 0 Å². The normalized spacial score (nSPS) is 25.1. The Balaban J connectivity index is 2.17. The number of methoxy groups -OCH3 is 1. The number of aliphatic hydroxyl groups excluding tert-OH is 2. The van der Waals surface area contributed by atoms with E-state index in [1.54, 1.807) is 7.11 Å². The Hall–Kier alpha value is -0.200. The lowest BCUT2D eigenvalue weighted by Crippen LogP contribution is -2.40. The SMILES string of the molecule is COCC(C)OCC(O)CN1CCC[C@H]1CO. The van der Waals surface area contributed by atoms with Gasteiger partial charge in [0.2, 0.25) is 0 Å². The van der Waals surface area contributed by atoms with Gasteiger partial charge in [0.1, 0.15) is 0 Å². The Morgan fingerprint density at radius 2 is 2.18 bits per heavy atom. The van der Waals surface area contributed by atoms with Crippen LogP contribution in [0.3, 0.4) is 0 Å². The van der Waals surface area contributed by atoms with Gasteiger partial charge in [-0.25, -0.2) is 0 Å². The van der Waals surface area contributed by atoms with Crippen LogP contribution >= 0.6 is 0 Å². The quantitative estimate of drug-likeness (QED) is 0.625. The van der Waals surface area contributed by atoms with Crippen molar-refractivity contribution in [2.24, 2.45) is 0 Å². The molecule has 3 atom stereocenters. The van der Waals surface area contributed by atoms with Gasteiger partial charge in [0.15, 0.2) is 0 Å². The Bertz CT molecular complexity index is 203. The van der Waals surface area contributed by atoms with E-state index in [0.717, 1.165) is 19.4 Å². The van der Waals surface area contributed by atoms with E-state index >= 15 is 0 Å². The monoisotopic (exact) mass is 247 g/mol. The number of nitrogens with zero attached hydrogens (tertiary/aromatic N) is 1. The molecule has 0 aromatic rings.